The van der Waals surface area contributed by atoms with Gasteiger partial charge in [0.25, 0.3) is 0 Å². The molecule has 0 aromatic heterocycles. The van der Waals surface area contributed by atoms with Crippen molar-refractivity contribution in [1.29, 1.82) is 0 Å². The number of esters is 1. The maximum atomic E-state index is 13.6. The van der Waals surface area contributed by atoms with Gasteiger partial charge in [0.2, 0.25) is 6.17 Å². The molecule has 0 aliphatic carbocycles. The molecule has 0 fully saturated rings. The van der Waals surface area contributed by atoms with Crippen molar-refractivity contribution in [3.8, 4) is 5.75 Å². The number of aliphatic hydroxyl groups excluding tert-OH is 1. The van der Waals surface area contributed by atoms with E-state index in [4.69, 9.17) is 0 Å². The molecule has 19 heavy (non-hydrogen) atoms. The van der Waals surface area contributed by atoms with E-state index in [1.54, 1.807) is 0 Å². The molecule has 0 heterocycles. The van der Waals surface area contributed by atoms with Crippen molar-refractivity contribution in [2.75, 3.05) is 6.61 Å². The Morgan fingerprint density at radius 2 is 1.95 bits per heavy atom. The predicted molar refractivity (Wildman–Crippen MR) is 59.6 cm³/mol. The smallest absolute Gasteiger partial charge is 0.387 e. The van der Waals surface area contributed by atoms with E-state index in [2.05, 4.69) is 9.47 Å². The SMILES string of the molecule is CCOC(=O)C(F)C(O)c1ccccc1OC(F)F. The van der Waals surface area contributed by atoms with Crippen LogP contribution >= 0.6 is 0 Å². The molecular weight excluding hydrogens is 265 g/mol. The van der Waals surface area contributed by atoms with Gasteiger partial charge in [-0.3, -0.25) is 0 Å². The minimum Gasteiger partial charge on any atom is -0.464 e. The van der Waals surface area contributed by atoms with Gasteiger partial charge >= 0.3 is 12.6 Å². The fourth-order valence-electron chi connectivity index (χ4n) is 1.44. The molecule has 0 saturated heterocycles. The number of ether oxygens (including phenoxy) is 2. The molecule has 1 aromatic rings. The topological polar surface area (TPSA) is 55.8 Å². The second-order valence-electron chi connectivity index (χ2n) is 3.51. The first-order valence-electron chi connectivity index (χ1n) is 5.49. The molecule has 0 saturated carbocycles. The van der Waals surface area contributed by atoms with E-state index in [1.165, 1.54) is 25.1 Å². The standard InChI is InChI=1S/C12H13F3O4/c1-2-18-11(17)9(13)10(16)7-5-3-4-6-8(7)19-12(14)15/h3-6,9-10,12,16H,2H2,1H3. The predicted octanol–water partition coefficient (Wildman–Crippen LogP) is 2.22. The van der Waals surface area contributed by atoms with Crippen LogP contribution in [0, 0.1) is 0 Å². The summed E-state index contributed by atoms with van der Waals surface area (Å²) in [5, 5.41) is 9.68. The lowest BCUT2D eigenvalue weighted by atomic mass is 10.0. The van der Waals surface area contributed by atoms with E-state index in [-0.39, 0.29) is 12.2 Å². The van der Waals surface area contributed by atoms with Crippen LogP contribution in [0.1, 0.15) is 18.6 Å². The Morgan fingerprint density at radius 1 is 1.32 bits per heavy atom. The van der Waals surface area contributed by atoms with Crippen molar-refractivity contribution >= 4 is 5.97 Å². The van der Waals surface area contributed by atoms with E-state index in [1.807, 2.05) is 0 Å². The van der Waals surface area contributed by atoms with Crippen LogP contribution in [0.2, 0.25) is 0 Å². The first-order valence-corrected chi connectivity index (χ1v) is 5.49. The van der Waals surface area contributed by atoms with E-state index in [0.717, 1.165) is 6.07 Å². The minimum absolute atomic E-state index is 0.0544. The molecule has 0 amide bonds. The Balaban J connectivity index is 2.92. The largest absolute Gasteiger partial charge is 0.464 e. The number of alkyl halides is 3. The fraction of sp³-hybridized carbons (Fsp3) is 0.417. The third-order valence-electron chi connectivity index (χ3n) is 2.24. The lowest BCUT2D eigenvalue weighted by Gasteiger charge is -2.18. The summed E-state index contributed by atoms with van der Waals surface area (Å²) in [7, 11) is 0. The molecule has 0 bridgehead atoms. The average molecular weight is 278 g/mol. The third-order valence-corrected chi connectivity index (χ3v) is 2.24. The Morgan fingerprint density at radius 3 is 2.53 bits per heavy atom. The van der Waals surface area contributed by atoms with Gasteiger partial charge < -0.3 is 14.6 Å². The number of halogens is 3. The molecule has 0 aliphatic heterocycles. The van der Waals surface area contributed by atoms with Crippen LogP contribution < -0.4 is 4.74 Å². The lowest BCUT2D eigenvalue weighted by molar-refractivity contribution is -0.153. The molecule has 4 nitrogen and oxygen atoms in total. The summed E-state index contributed by atoms with van der Waals surface area (Å²) in [5.74, 6) is -1.65. The van der Waals surface area contributed by atoms with E-state index in [0.29, 0.717) is 0 Å². The van der Waals surface area contributed by atoms with E-state index in [9.17, 15) is 23.1 Å². The number of rotatable bonds is 6. The molecule has 0 spiro atoms. The molecular formula is C12H13F3O4. The summed E-state index contributed by atoms with van der Waals surface area (Å²) >= 11 is 0. The Kier molecular flexibility index (Phi) is 5.62. The number of para-hydroxylation sites is 1. The summed E-state index contributed by atoms with van der Waals surface area (Å²) in [5.41, 5.74) is -0.247. The van der Waals surface area contributed by atoms with Gasteiger partial charge in [0.05, 0.1) is 6.61 Å². The highest BCUT2D eigenvalue weighted by Gasteiger charge is 2.31. The number of aliphatic hydroxyl groups is 1. The molecule has 1 rings (SSSR count). The average Bonchev–Trinajstić information content (AvgIpc) is 2.37. The summed E-state index contributed by atoms with van der Waals surface area (Å²) < 4.78 is 46.5. The summed E-state index contributed by atoms with van der Waals surface area (Å²) in [4.78, 5) is 11.1. The van der Waals surface area contributed by atoms with Crippen molar-refractivity contribution in [3.63, 3.8) is 0 Å². The first-order chi connectivity index (χ1) is 8.97. The first kappa shape index (κ1) is 15.3. The van der Waals surface area contributed by atoms with Crippen LogP contribution in [-0.2, 0) is 9.53 Å². The van der Waals surface area contributed by atoms with Gasteiger partial charge in [-0.25, -0.2) is 9.18 Å². The van der Waals surface area contributed by atoms with Crippen LogP contribution in [0.15, 0.2) is 24.3 Å². The van der Waals surface area contributed by atoms with Crippen LogP contribution in [0.5, 0.6) is 5.75 Å². The maximum absolute atomic E-state index is 13.6. The molecule has 1 N–H and O–H groups in total. The number of hydrogen-bond acceptors (Lipinski definition) is 4. The number of hydrogen-bond donors (Lipinski definition) is 1. The highest BCUT2D eigenvalue weighted by Crippen LogP contribution is 2.30. The third kappa shape index (κ3) is 4.13. The normalized spacial score (nSPS) is 14.0. The zero-order chi connectivity index (χ0) is 14.4. The highest BCUT2D eigenvalue weighted by molar-refractivity contribution is 5.75. The van der Waals surface area contributed by atoms with Crippen molar-refractivity contribution in [3.05, 3.63) is 29.8 Å². The van der Waals surface area contributed by atoms with Crippen LogP contribution in [0.4, 0.5) is 13.2 Å². The van der Waals surface area contributed by atoms with Gasteiger partial charge in [0.15, 0.2) is 0 Å². The van der Waals surface area contributed by atoms with Crippen molar-refractivity contribution in [2.45, 2.75) is 25.8 Å². The van der Waals surface area contributed by atoms with E-state index < -0.39 is 30.6 Å². The Hall–Kier alpha value is -1.76. The van der Waals surface area contributed by atoms with Gasteiger partial charge in [-0.2, -0.15) is 8.78 Å². The van der Waals surface area contributed by atoms with Crippen LogP contribution in [0.3, 0.4) is 0 Å². The van der Waals surface area contributed by atoms with E-state index >= 15 is 0 Å². The van der Waals surface area contributed by atoms with Crippen molar-refractivity contribution < 1.29 is 32.5 Å². The second-order valence-corrected chi connectivity index (χ2v) is 3.51. The molecule has 7 heteroatoms. The van der Waals surface area contributed by atoms with Gasteiger partial charge in [-0.1, -0.05) is 18.2 Å². The number of carbonyl (C=O) groups is 1. The van der Waals surface area contributed by atoms with Gasteiger partial charge in [-0.05, 0) is 13.0 Å². The molecule has 2 unspecified atom stereocenters. The quantitative estimate of drug-likeness (QED) is 0.811. The summed E-state index contributed by atoms with van der Waals surface area (Å²) in [6, 6.07) is 5.11. The molecule has 0 radical (unpaired) electrons. The molecule has 106 valence electrons. The Bertz CT molecular complexity index is 425. The van der Waals surface area contributed by atoms with Gasteiger partial charge in [0.1, 0.15) is 11.9 Å². The maximum Gasteiger partial charge on any atom is 0.387 e. The van der Waals surface area contributed by atoms with Crippen LogP contribution in [0.25, 0.3) is 0 Å². The number of carbonyl (C=O) groups excluding carboxylic acids is 1. The second kappa shape index (κ2) is 6.98. The van der Waals surface area contributed by atoms with Crippen LogP contribution in [-0.4, -0.2) is 30.5 Å². The zero-order valence-corrected chi connectivity index (χ0v) is 10.1. The lowest BCUT2D eigenvalue weighted by Crippen LogP contribution is -2.26. The van der Waals surface area contributed by atoms with Gasteiger partial charge in [-0.15, -0.1) is 0 Å². The van der Waals surface area contributed by atoms with Gasteiger partial charge in [0, 0.05) is 5.56 Å². The monoisotopic (exact) mass is 278 g/mol. The summed E-state index contributed by atoms with van der Waals surface area (Å²) in [6.45, 7) is -1.69. The van der Waals surface area contributed by atoms with Crippen molar-refractivity contribution in [1.82, 2.24) is 0 Å². The molecule has 2 atom stereocenters. The zero-order valence-electron chi connectivity index (χ0n) is 10.1. The number of benzene rings is 1. The highest BCUT2D eigenvalue weighted by atomic mass is 19.3. The Labute approximate surface area is 107 Å². The fourth-order valence-corrected chi connectivity index (χ4v) is 1.44. The summed E-state index contributed by atoms with van der Waals surface area (Å²) in [6.07, 6.45) is -4.31. The molecule has 1 aromatic carbocycles. The molecule has 0 aliphatic rings. The van der Waals surface area contributed by atoms with Crippen molar-refractivity contribution in [2.24, 2.45) is 0 Å². The minimum atomic E-state index is -3.12.